The van der Waals surface area contributed by atoms with E-state index in [-0.39, 0.29) is 5.88 Å². The third-order valence-electron chi connectivity index (χ3n) is 1.96. The number of halogens is 1. The Balaban J connectivity index is 3.00. The largest absolute Gasteiger partial charge is 0.476 e. The summed E-state index contributed by atoms with van der Waals surface area (Å²) in [5, 5.41) is 8.69. The van der Waals surface area contributed by atoms with Crippen LogP contribution in [0.3, 0.4) is 0 Å². The summed E-state index contributed by atoms with van der Waals surface area (Å²) >= 11 is 3.34. The summed E-state index contributed by atoms with van der Waals surface area (Å²) in [6, 6.07) is 5.15. The first-order valence-electron chi connectivity index (χ1n) is 4.59. The number of ether oxygens (including phenoxy) is 1. The molecule has 0 saturated carbocycles. The third-order valence-corrected chi connectivity index (χ3v) is 2.85. The summed E-state index contributed by atoms with van der Waals surface area (Å²) in [6.07, 6.45) is 0. The number of hydrogen-bond donors (Lipinski definition) is 4. The van der Waals surface area contributed by atoms with Crippen molar-refractivity contribution >= 4 is 21.9 Å². The molecule has 1 aromatic rings. The van der Waals surface area contributed by atoms with Crippen LogP contribution in [0, 0.1) is 6.92 Å². The van der Waals surface area contributed by atoms with Gasteiger partial charge in [-0.2, -0.15) is 0 Å². The Kier molecular flexibility index (Phi) is 4.36. The van der Waals surface area contributed by atoms with Gasteiger partial charge < -0.3 is 15.6 Å². The summed E-state index contributed by atoms with van der Waals surface area (Å²) in [4.78, 5) is 10.6. The van der Waals surface area contributed by atoms with Crippen LogP contribution in [0.4, 0.5) is 0 Å². The SMILES string of the molecule is Cc1cc(O/C(NN)=C(/N)C(=O)O)ccc1Br. The van der Waals surface area contributed by atoms with Crippen LogP contribution in [-0.2, 0) is 4.79 Å². The molecule has 0 bridgehead atoms. The summed E-state index contributed by atoms with van der Waals surface area (Å²) in [7, 11) is 0. The van der Waals surface area contributed by atoms with E-state index >= 15 is 0 Å². The van der Waals surface area contributed by atoms with Gasteiger partial charge in [0.15, 0.2) is 5.70 Å². The first kappa shape index (κ1) is 13.3. The number of hydrazine groups is 1. The molecule has 0 fully saturated rings. The zero-order valence-electron chi connectivity index (χ0n) is 9.03. The lowest BCUT2D eigenvalue weighted by Crippen LogP contribution is -2.31. The van der Waals surface area contributed by atoms with E-state index in [1.165, 1.54) is 0 Å². The highest BCUT2D eigenvalue weighted by Gasteiger charge is 2.12. The van der Waals surface area contributed by atoms with Crippen LogP contribution in [0.1, 0.15) is 5.56 Å². The normalized spacial score (nSPS) is 11.7. The molecule has 0 radical (unpaired) electrons. The van der Waals surface area contributed by atoms with Crippen molar-refractivity contribution in [3.05, 3.63) is 39.8 Å². The van der Waals surface area contributed by atoms with Gasteiger partial charge in [-0.1, -0.05) is 15.9 Å². The van der Waals surface area contributed by atoms with Crippen LogP contribution in [0.5, 0.6) is 5.75 Å². The molecule has 0 saturated heterocycles. The van der Waals surface area contributed by atoms with Crippen molar-refractivity contribution in [1.82, 2.24) is 5.43 Å². The fraction of sp³-hybridized carbons (Fsp3) is 0.100. The minimum absolute atomic E-state index is 0.209. The van der Waals surface area contributed by atoms with E-state index in [9.17, 15) is 4.79 Å². The first-order valence-corrected chi connectivity index (χ1v) is 5.38. The van der Waals surface area contributed by atoms with Crippen molar-refractivity contribution in [1.29, 1.82) is 0 Å². The van der Waals surface area contributed by atoms with Crippen LogP contribution in [0.15, 0.2) is 34.3 Å². The molecule has 0 atom stereocenters. The van der Waals surface area contributed by atoms with Gasteiger partial charge in [-0.3, -0.25) is 5.43 Å². The molecule has 1 aromatic carbocycles. The van der Waals surface area contributed by atoms with E-state index in [1.54, 1.807) is 18.2 Å². The van der Waals surface area contributed by atoms with Gasteiger partial charge in [-0.15, -0.1) is 0 Å². The average molecular weight is 302 g/mol. The van der Waals surface area contributed by atoms with E-state index < -0.39 is 11.7 Å². The maximum atomic E-state index is 10.6. The van der Waals surface area contributed by atoms with Gasteiger partial charge in [-0.05, 0) is 30.7 Å². The van der Waals surface area contributed by atoms with Crippen LogP contribution >= 0.6 is 15.9 Å². The Bertz CT molecular complexity index is 474. The van der Waals surface area contributed by atoms with Gasteiger partial charge in [0.05, 0.1) is 0 Å². The van der Waals surface area contributed by atoms with Crippen LogP contribution in [0.25, 0.3) is 0 Å². The van der Waals surface area contributed by atoms with Gasteiger partial charge in [0.25, 0.3) is 0 Å². The van der Waals surface area contributed by atoms with Crippen molar-refractivity contribution in [2.24, 2.45) is 11.6 Å². The summed E-state index contributed by atoms with van der Waals surface area (Å²) in [5.74, 6) is 4.05. The minimum atomic E-state index is -1.31. The lowest BCUT2D eigenvalue weighted by Gasteiger charge is -2.11. The lowest BCUT2D eigenvalue weighted by atomic mass is 10.2. The first-order chi connectivity index (χ1) is 7.95. The fourth-order valence-electron chi connectivity index (χ4n) is 1.06. The Morgan fingerprint density at radius 1 is 1.53 bits per heavy atom. The van der Waals surface area contributed by atoms with E-state index in [0.29, 0.717) is 5.75 Å². The fourth-order valence-corrected chi connectivity index (χ4v) is 1.30. The molecule has 7 heteroatoms. The Hall–Kier alpha value is -1.73. The van der Waals surface area contributed by atoms with Crippen molar-refractivity contribution in [2.75, 3.05) is 0 Å². The molecule has 0 unspecified atom stereocenters. The minimum Gasteiger partial charge on any atom is -0.476 e. The summed E-state index contributed by atoms with van der Waals surface area (Å²) in [5.41, 5.74) is 7.84. The molecule has 0 aliphatic heterocycles. The standard InChI is InChI=1S/C10H12BrN3O3/c1-5-4-6(2-3-7(5)11)17-9(14-13)8(12)10(15)16/h2-4,14H,12-13H2,1H3,(H,15,16)/b9-8+. The van der Waals surface area contributed by atoms with Gasteiger partial charge in [0.2, 0.25) is 5.88 Å². The van der Waals surface area contributed by atoms with Gasteiger partial charge in [-0.25, -0.2) is 10.6 Å². The quantitative estimate of drug-likeness (QED) is 0.283. The van der Waals surface area contributed by atoms with Crippen molar-refractivity contribution in [3.8, 4) is 5.75 Å². The van der Waals surface area contributed by atoms with Crippen LogP contribution < -0.4 is 21.7 Å². The molecular formula is C10H12BrN3O3. The lowest BCUT2D eigenvalue weighted by molar-refractivity contribution is -0.132. The molecular weight excluding hydrogens is 290 g/mol. The number of nitrogens with one attached hydrogen (secondary N) is 1. The number of carbonyl (C=O) groups is 1. The molecule has 0 aliphatic carbocycles. The predicted molar refractivity (Wildman–Crippen MR) is 65.7 cm³/mol. The number of nitrogens with two attached hydrogens (primary N) is 2. The predicted octanol–water partition coefficient (Wildman–Crippen LogP) is 0.812. The zero-order valence-corrected chi connectivity index (χ0v) is 10.6. The van der Waals surface area contributed by atoms with Crippen molar-refractivity contribution < 1.29 is 14.6 Å². The van der Waals surface area contributed by atoms with Crippen molar-refractivity contribution in [3.63, 3.8) is 0 Å². The van der Waals surface area contributed by atoms with E-state index in [0.717, 1.165) is 10.0 Å². The number of carboxylic acid groups (broad SMARTS) is 1. The number of benzene rings is 1. The number of aryl methyl sites for hydroxylation is 1. The number of hydrogen-bond acceptors (Lipinski definition) is 5. The van der Waals surface area contributed by atoms with E-state index in [2.05, 4.69) is 21.4 Å². The summed E-state index contributed by atoms with van der Waals surface area (Å²) < 4.78 is 6.16. The highest BCUT2D eigenvalue weighted by molar-refractivity contribution is 9.10. The molecule has 0 aliphatic rings. The zero-order chi connectivity index (χ0) is 13.0. The monoisotopic (exact) mass is 301 g/mol. The second kappa shape index (κ2) is 5.55. The molecule has 6 nitrogen and oxygen atoms in total. The number of aliphatic carboxylic acids is 1. The molecule has 17 heavy (non-hydrogen) atoms. The Morgan fingerprint density at radius 3 is 2.65 bits per heavy atom. The van der Waals surface area contributed by atoms with Crippen LogP contribution in [-0.4, -0.2) is 11.1 Å². The number of carboxylic acids is 1. The maximum absolute atomic E-state index is 10.6. The maximum Gasteiger partial charge on any atom is 0.357 e. The Morgan fingerprint density at radius 2 is 2.18 bits per heavy atom. The second-order valence-electron chi connectivity index (χ2n) is 3.21. The smallest absolute Gasteiger partial charge is 0.357 e. The van der Waals surface area contributed by atoms with Crippen molar-refractivity contribution in [2.45, 2.75) is 6.92 Å². The highest BCUT2D eigenvalue weighted by Crippen LogP contribution is 2.22. The third kappa shape index (κ3) is 3.36. The van der Waals surface area contributed by atoms with Gasteiger partial charge in [0.1, 0.15) is 5.75 Å². The molecule has 92 valence electrons. The van der Waals surface area contributed by atoms with Gasteiger partial charge in [0, 0.05) is 4.47 Å². The van der Waals surface area contributed by atoms with E-state index in [4.69, 9.17) is 21.4 Å². The van der Waals surface area contributed by atoms with E-state index in [1.807, 2.05) is 6.92 Å². The molecule has 0 spiro atoms. The molecule has 6 N–H and O–H groups in total. The molecule has 0 amide bonds. The molecule has 0 aromatic heterocycles. The Labute approximate surface area is 106 Å². The molecule has 1 rings (SSSR count). The van der Waals surface area contributed by atoms with Crippen LogP contribution in [0.2, 0.25) is 0 Å². The van der Waals surface area contributed by atoms with Gasteiger partial charge >= 0.3 is 5.97 Å². The highest BCUT2D eigenvalue weighted by atomic mass is 79.9. The molecule has 0 heterocycles. The average Bonchev–Trinajstić information content (AvgIpc) is 2.29. The topological polar surface area (TPSA) is 111 Å². The second-order valence-corrected chi connectivity index (χ2v) is 4.06. The number of rotatable bonds is 4. The summed E-state index contributed by atoms with van der Waals surface area (Å²) in [6.45, 7) is 1.87.